The maximum absolute atomic E-state index is 12.3. The smallest absolute Gasteiger partial charge is 0.305 e. The molecule has 1 aliphatic rings. The van der Waals surface area contributed by atoms with E-state index in [1.165, 1.54) is 109 Å². The zero-order valence-electron chi connectivity index (χ0n) is 20.5. The third-order valence-electron chi connectivity index (χ3n) is 7.46. The van der Waals surface area contributed by atoms with E-state index < -0.39 is 8.07 Å². The first kappa shape index (κ1) is 26.7. The molecule has 0 aliphatic carbocycles. The van der Waals surface area contributed by atoms with E-state index in [0.717, 1.165) is 12.8 Å². The van der Waals surface area contributed by atoms with Crippen molar-refractivity contribution in [3.8, 4) is 0 Å². The number of rotatable bonds is 17. The van der Waals surface area contributed by atoms with Crippen molar-refractivity contribution in [2.24, 2.45) is 0 Å². The van der Waals surface area contributed by atoms with Gasteiger partial charge in [0.25, 0.3) is 0 Å². The minimum absolute atomic E-state index is 0.0599. The van der Waals surface area contributed by atoms with E-state index in [2.05, 4.69) is 26.9 Å². The van der Waals surface area contributed by atoms with Gasteiger partial charge >= 0.3 is 5.97 Å². The second-order valence-electron chi connectivity index (χ2n) is 10.5. The second kappa shape index (κ2) is 15.5. The summed E-state index contributed by atoms with van der Waals surface area (Å²) in [7, 11) is -1.44. The highest BCUT2D eigenvalue weighted by Gasteiger charge is 2.47. The minimum Gasteiger partial charge on any atom is -0.463 e. The first-order valence-electron chi connectivity index (χ1n) is 13.1. The van der Waals surface area contributed by atoms with Gasteiger partial charge in [-0.05, 0) is 19.8 Å². The molecule has 1 unspecified atom stereocenters. The summed E-state index contributed by atoms with van der Waals surface area (Å²) in [5.41, 5.74) is 0. The van der Waals surface area contributed by atoms with Crippen molar-refractivity contribution in [1.29, 1.82) is 0 Å². The summed E-state index contributed by atoms with van der Waals surface area (Å²) in [5, 5.41) is -0.127. The van der Waals surface area contributed by atoms with Crippen LogP contribution in [0.4, 0.5) is 0 Å². The Morgan fingerprint density at radius 1 is 0.759 bits per heavy atom. The van der Waals surface area contributed by atoms with Crippen LogP contribution in [0, 0.1) is 0 Å². The molecule has 0 aromatic rings. The molecule has 0 saturated carbocycles. The molecule has 1 atom stereocenters. The van der Waals surface area contributed by atoms with Crippen LogP contribution in [0.15, 0.2) is 0 Å². The number of esters is 1. The maximum atomic E-state index is 12.3. The predicted molar refractivity (Wildman–Crippen MR) is 130 cm³/mol. The molecule has 0 spiro atoms. The van der Waals surface area contributed by atoms with Gasteiger partial charge in [0, 0.05) is 6.42 Å². The van der Waals surface area contributed by atoms with Crippen LogP contribution in [0.25, 0.3) is 0 Å². The fourth-order valence-corrected chi connectivity index (χ4v) is 7.67. The molecule has 0 aromatic carbocycles. The quantitative estimate of drug-likeness (QED) is 0.132. The third-order valence-corrected chi connectivity index (χ3v) is 12.3. The molecule has 3 heteroatoms. The highest BCUT2D eigenvalue weighted by molar-refractivity contribution is 6.80. The third kappa shape index (κ3) is 11.6. The Hall–Kier alpha value is -0.313. The van der Waals surface area contributed by atoms with E-state index in [9.17, 15) is 4.79 Å². The molecule has 0 N–H and O–H groups in total. The van der Waals surface area contributed by atoms with Gasteiger partial charge in [0.05, 0.1) is 13.3 Å². The fraction of sp³-hybridized carbons (Fsp3) is 0.962. The molecule has 0 bridgehead atoms. The Balaban J connectivity index is 1.90. The lowest BCUT2D eigenvalue weighted by molar-refractivity contribution is -0.153. The van der Waals surface area contributed by atoms with Crippen LogP contribution in [0.5, 0.6) is 0 Å². The number of carbonyl (C=O) groups is 1. The molecular formula is C26H52O2Si. The zero-order valence-corrected chi connectivity index (χ0v) is 21.5. The topological polar surface area (TPSA) is 26.3 Å². The average Bonchev–Trinajstić information content (AvgIpc) is 2.67. The SMILES string of the molecule is CCCCCCCCCCCCCCCCCC(=O)OC1(C)CCCC[Si]1(C)C. The molecule has 172 valence electrons. The summed E-state index contributed by atoms with van der Waals surface area (Å²) < 4.78 is 6.04. The molecule has 1 rings (SSSR count). The van der Waals surface area contributed by atoms with Crippen molar-refractivity contribution in [2.75, 3.05) is 0 Å². The van der Waals surface area contributed by atoms with E-state index in [1.807, 2.05) is 0 Å². The zero-order chi connectivity index (χ0) is 21.4. The van der Waals surface area contributed by atoms with Crippen LogP contribution < -0.4 is 0 Å². The van der Waals surface area contributed by atoms with Gasteiger partial charge in [-0.15, -0.1) is 0 Å². The summed E-state index contributed by atoms with van der Waals surface area (Å²) in [4.78, 5) is 12.3. The molecule has 0 radical (unpaired) electrons. The molecule has 0 amide bonds. The lowest BCUT2D eigenvalue weighted by Gasteiger charge is -2.45. The van der Waals surface area contributed by atoms with Gasteiger partial charge in [0.2, 0.25) is 0 Å². The molecule has 1 fully saturated rings. The van der Waals surface area contributed by atoms with Gasteiger partial charge < -0.3 is 4.74 Å². The van der Waals surface area contributed by atoms with Gasteiger partial charge in [-0.2, -0.15) is 0 Å². The fourth-order valence-electron chi connectivity index (χ4n) is 4.76. The molecule has 1 aliphatic heterocycles. The summed E-state index contributed by atoms with van der Waals surface area (Å²) in [6.07, 6.45) is 24.7. The lowest BCUT2D eigenvalue weighted by atomic mass is 10.0. The Labute approximate surface area is 184 Å². The van der Waals surface area contributed by atoms with Crippen LogP contribution in [0.3, 0.4) is 0 Å². The Kier molecular flexibility index (Phi) is 14.3. The highest BCUT2D eigenvalue weighted by Crippen LogP contribution is 2.39. The minimum atomic E-state index is -1.44. The molecule has 0 aromatic heterocycles. The summed E-state index contributed by atoms with van der Waals surface area (Å²) >= 11 is 0. The number of hydrogen-bond acceptors (Lipinski definition) is 2. The van der Waals surface area contributed by atoms with E-state index >= 15 is 0 Å². The van der Waals surface area contributed by atoms with Gasteiger partial charge in [-0.1, -0.05) is 129 Å². The van der Waals surface area contributed by atoms with Crippen LogP contribution in [0.1, 0.15) is 136 Å². The Bertz CT molecular complexity index is 421. The molecule has 1 saturated heterocycles. The first-order chi connectivity index (χ1) is 13.9. The standard InChI is InChI=1S/C26H52O2Si/c1-5-6-7-8-9-10-11-12-13-14-15-16-17-18-19-22-25(27)28-26(2)23-20-21-24-29(26,3)4/h5-24H2,1-4H3. The second-order valence-corrected chi connectivity index (χ2v) is 15.8. The molecular weight excluding hydrogens is 372 g/mol. The summed E-state index contributed by atoms with van der Waals surface area (Å²) in [6, 6.07) is 1.30. The normalized spacial score (nSPS) is 21.2. The van der Waals surface area contributed by atoms with Crippen molar-refractivity contribution >= 4 is 14.0 Å². The number of unbranched alkanes of at least 4 members (excludes halogenated alkanes) is 14. The number of carbonyl (C=O) groups excluding carboxylic acids is 1. The van der Waals surface area contributed by atoms with E-state index in [1.54, 1.807) is 0 Å². The van der Waals surface area contributed by atoms with Crippen LogP contribution >= 0.6 is 0 Å². The summed E-state index contributed by atoms with van der Waals surface area (Å²) in [6.45, 7) is 9.29. The first-order valence-corrected chi connectivity index (χ1v) is 16.3. The van der Waals surface area contributed by atoms with Crippen LogP contribution in [0.2, 0.25) is 19.1 Å². The lowest BCUT2D eigenvalue weighted by Crippen LogP contribution is -2.56. The average molecular weight is 425 g/mol. The van der Waals surface area contributed by atoms with E-state index in [-0.39, 0.29) is 11.2 Å². The van der Waals surface area contributed by atoms with Gasteiger partial charge in [-0.3, -0.25) is 4.79 Å². The molecule has 29 heavy (non-hydrogen) atoms. The van der Waals surface area contributed by atoms with Crippen molar-refractivity contribution < 1.29 is 9.53 Å². The van der Waals surface area contributed by atoms with Crippen molar-refractivity contribution in [3.05, 3.63) is 0 Å². The Morgan fingerprint density at radius 2 is 1.21 bits per heavy atom. The number of hydrogen-bond donors (Lipinski definition) is 0. The number of ether oxygens (including phenoxy) is 1. The summed E-state index contributed by atoms with van der Waals surface area (Å²) in [5.74, 6) is 0.0599. The van der Waals surface area contributed by atoms with Gasteiger partial charge in [-0.25, -0.2) is 0 Å². The molecule has 1 heterocycles. The van der Waals surface area contributed by atoms with Gasteiger partial charge in [0.1, 0.15) is 0 Å². The van der Waals surface area contributed by atoms with E-state index in [0.29, 0.717) is 6.42 Å². The van der Waals surface area contributed by atoms with Crippen LogP contribution in [-0.2, 0) is 9.53 Å². The maximum Gasteiger partial charge on any atom is 0.305 e. The van der Waals surface area contributed by atoms with Crippen molar-refractivity contribution in [3.63, 3.8) is 0 Å². The van der Waals surface area contributed by atoms with Crippen LogP contribution in [-0.4, -0.2) is 19.3 Å². The van der Waals surface area contributed by atoms with Gasteiger partial charge in [0.15, 0.2) is 0 Å². The van der Waals surface area contributed by atoms with Crippen molar-refractivity contribution in [2.45, 2.75) is 160 Å². The highest BCUT2D eigenvalue weighted by atomic mass is 28.3. The monoisotopic (exact) mass is 424 g/mol. The largest absolute Gasteiger partial charge is 0.463 e. The van der Waals surface area contributed by atoms with Crippen molar-refractivity contribution in [1.82, 2.24) is 0 Å². The Morgan fingerprint density at radius 3 is 1.66 bits per heavy atom. The molecule has 2 nitrogen and oxygen atoms in total. The predicted octanol–water partition coefficient (Wildman–Crippen LogP) is 8.98. The van der Waals surface area contributed by atoms with E-state index in [4.69, 9.17) is 4.74 Å².